The second-order valence-electron chi connectivity index (χ2n) is 9.85. The molecule has 4 rings (SSSR count). The molecule has 1 aromatic heterocycles. The highest BCUT2D eigenvalue weighted by Gasteiger charge is 2.38. The maximum absolute atomic E-state index is 13.5. The molecule has 0 radical (unpaired) electrons. The summed E-state index contributed by atoms with van der Waals surface area (Å²) >= 11 is 6.71. The van der Waals surface area contributed by atoms with Crippen LogP contribution in [0.25, 0.3) is 0 Å². The summed E-state index contributed by atoms with van der Waals surface area (Å²) in [5.41, 5.74) is 3.47. The van der Waals surface area contributed by atoms with E-state index in [4.69, 9.17) is 20.8 Å². The number of amides is 2. The average Bonchev–Trinajstić information content (AvgIpc) is 3.46. The van der Waals surface area contributed by atoms with Gasteiger partial charge in [0.15, 0.2) is 5.69 Å². The maximum Gasteiger partial charge on any atom is 0.423 e. The van der Waals surface area contributed by atoms with Gasteiger partial charge in [-0.15, -0.1) is 11.6 Å². The number of carbonyl (C=O) groups is 2. The number of fused-ring (bicyclic) bond motifs is 2. The van der Waals surface area contributed by atoms with Crippen LogP contribution in [-0.2, 0) is 34.2 Å². The van der Waals surface area contributed by atoms with Gasteiger partial charge in [-0.05, 0) is 75.1 Å². The summed E-state index contributed by atoms with van der Waals surface area (Å²) in [5, 5.41) is -0.307. The van der Waals surface area contributed by atoms with E-state index in [1.165, 1.54) is 19.0 Å². The van der Waals surface area contributed by atoms with E-state index in [0.29, 0.717) is 5.69 Å². The summed E-state index contributed by atoms with van der Waals surface area (Å²) in [6.45, 7) is 5.23. The minimum Gasteiger partial charge on any atom is -0.443 e. The molecule has 2 amide bonds. The molecule has 35 heavy (non-hydrogen) atoms. The molecule has 0 saturated heterocycles. The van der Waals surface area contributed by atoms with Gasteiger partial charge in [0.1, 0.15) is 11.9 Å². The monoisotopic (exact) mass is 524 g/mol. The topological polar surface area (TPSA) is 122 Å². The van der Waals surface area contributed by atoms with Crippen LogP contribution in [0.3, 0.4) is 0 Å². The first kappa shape index (κ1) is 25.5. The van der Waals surface area contributed by atoms with E-state index in [1.54, 1.807) is 20.8 Å². The lowest BCUT2D eigenvalue weighted by Gasteiger charge is -2.28. The Morgan fingerprint density at radius 2 is 1.91 bits per heavy atom. The van der Waals surface area contributed by atoms with Gasteiger partial charge in [-0.25, -0.2) is 9.52 Å². The number of alkyl halides is 1. The van der Waals surface area contributed by atoms with Gasteiger partial charge in [-0.1, -0.05) is 6.07 Å². The van der Waals surface area contributed by atoms with Crippen molar-refractivity contribution in [2.45, 2.75) is 63.9 Å². The Balaban J connectivity index is 1.82. The van der Waals surface area contributed by atoms with E-state index >= 15 is 0 Å². The Bertz CT molecular complexity index is 1280. The van der Waals surface area contributed by atoms with E-state index in [2.05, 4.69) is 11.1 Å². The molecule has 12 heteroatoms. The van der Waals surface area contributed by atoms with Crippen molar-refractivity contribution in [3.63, 3.8) is 0 Å². The molecule has 2 aliphatic rings. The summed E-state index contributed by atoms with van der Waals surface area (Å²) in [5.74, 6) is -0.989. The molecular weight excluding hydrogens is 496 g/mol. The van der Waals surface area contributed by atoms with Gasteiger partial charge in [0.2, 0.25) is 0 Å². The van der Waals surface area contributed by atoms with Crippen LogP contribution in [0.1, 0.15) is 71.7 Å². The number of nitrogens with one attached hydrogen (secondary N) is 1. The third kappa shape index (κ3) is 5.03. The second kappa shape index (κ2) is 9.11. The summed E-state index contributed by atoms with van der Waals surface area (Å²) in [6, 6.07) is 1.96. The van der Waals surface area contributed by atoms with Gasteiger partial charge in [0.05, 0.1) is 11.1 Å². The van der Waals surface area contributed by atoms with Crippen LogP contribution in [0.2, 0.25) is 0 Å². The number of carbonyl (C=O) groups excluding carboxylic acids is 2. The minimum atomic E-state index is -4.04. The van der Waals surface area contributed by atoms with Crippen molar-refractivity contribution in [2.75, 3.05) is 19.0 Å². The van der Waals surface area contributed by atoms with Gasteiger partial charge in [-0.3, -0.25) is 4.79 Å². The molecule has 2 aliphatic carbocycles. The van der Waals surface area contributed by atoms with Crippen molar-refractivity contribution in [3.05, 3.63) is 40.3 Å². The lowest BCUT2D eigenvalue weighted by molar-refractivity contribution is 0.0592. The van der Waals surface area contributed by atoms with Crippen LogP contribution in [-0.4, -0.2) is 49.4 Å². The van der Waals surface area contributed by atoms with Crippen LogP contribution in [0.5, 0.6) is 0 Å². The van der Waals surface area contributed by atoms with Crippen molar-refractivity contribution < 1.29 is 27.2 Å². The van der Waals surface area contributed by atoms with Crippen LogP contribution in [0.4, 0.5) is 16.5 Å². The average molecular weight is 525 g/mol. The third-order valence-electron chi connectivity index (χ3n) is 5.89. The number of oxazole rings is 1. The van der Waals surface area contributed by atoms with Crippen LogP contribution < -0.4 is 9.62 Å². The zero-order valence-corrected chi connectivity index (χ0v) is 21.9. The number of aryl methyl sites for hydroxylation is 2. The normalized spacial score (nSPS) is 17.3. The lowest BCUT2D eigenvalue weighted by atomic mass is 9.98. The molecule has 1 heterocycles. The first-order valence-electron chi connectivity index (χ1n) is 11.3. The molecule has 0 spiro atoms. The molecule has 0 saturated carbocycles. The zero-order valence-electron chi connectivity index (χ0n) is 20.3. The molecule has 1 unspecified atom stereocenters. The van der Waals surface area contributed by atoms with Crippen molar-refractivity contribution in [1.29, 1.82) is 0 Å². The zero-order chi connectivity index (χ0) is 25.7. The second-order valence-corrected chi connectivity index (χ2v) is 12.3. The number of rotatable bonds is 5. The predicted molar refractivity (Wildman–Crippen MR) is 130 cm³/mol. The molecule has 1 aromatic carbocycles. The van der Waals surface area contributed by atoms with Gasteiger partial charge in [-0.2, -0.15) is 22.6 Å². The van der Waals surface area contributed by atoms with E-state index in [0.717, 1.165) is 64.9 Å². The summed E-state index contributed by atoms with van der Waals surface area (Å²) in [7, 11) is -1.47. The van der Waals surface area contributed by atoms with Gasteiger partial charge in [0, 0.05) is 14.1 Å². The van der Waals surface area contributed by atoms with Crippen molar-refractivity contribution in [2.24, 2.45) is 0 Å². The molecule has 10 nitrogen and oxygen atoms in total. The van der Waals surface area contributed by atoms with Gasteiger partial charge < -0.3 is 9.15 Å². The molecule has 0 fully saturated rings. The largest absolute Gasteiger partial charge is 0.443 e. The molecule has 0 aliphatic heterocycles. The molecule has 1 atom stereocenters. The van der Waals surface area contributed by atoms with E-state index in [9.17, 15) is 18.0 Å². The quantitative estimate of drug-likeness (QED) is 0.586. The van der Waals surface area contributed by atoms with E-state index in [1.807, 2.05) is 4.72 Å². The molecule has 2 aromatic rings. The number of anilines is 2. The number of halogens is 1. The fraction of sp³-hybridized carbons (Fsp3) is 0.522. The smallest absolute Gasteiger partial charge is 0.423 e. The Morgan fingerprint density at radius 3 is 2.57 bits per heavy atom. The highest BCUT2D eigenvalue weighted by Crippen LogP contribution is 2.49. The van der Waals surface area contributed by atoms with Crippen molar-refractivity contribution >= 4 is 45.5 Å². The molecule has 0 bridgehead atoms. The molecule has 1 N–H and O–H groups in total. The number of nitrogens with zero attached hydrogens (tertiary/aromatic N) is 3. The minimum absolute atomic E-state index is 0.204. The highest BCUT2D eigenvalue weighted by atomic mass is 35.5. The van der Waals surface area contributed by atoms with Crippen molar-refractivity contribution in [1.82, 2.24) is 14.0 Å². The fourth-order valence-corrected chi connectivity index (χ4v) is 5.22. The SMILES string of the molecule is CN(C)S(=O)(=O)NC(=O)c1coc(N(C(=O)OC(C)(C)C)c2c3c(cc4c2C(Cl)CC4)CCC3)n1. The van der Waals surface area contributed by atoms with E-state index < -0.39 is 27.8 Å². The number of ether oxygens (including phenoxy) is 1. The summed E-state index contributed by atoms with van der Waals surface area (Å²) in [6.07, 6.45) is 4.36. The molecule has 190 valence electrons. The Kier molecular flexibility index (Phi) is 6.62. The standard InChI is InChI=1S/C23H29ClN4O6S/c1-23(2,3)34-22(30)28(21-25-17(12-33-21)20(29)26-35(31,32)27(4)5)19-15-8-6-7-13(15)11-14-9-10-16(24)18(14)19/h11-12,16H,6-10H2,1-5H3,(H,26,29). The van der Waals surface area contributed by atoms with Crippen molar-refractivity contribution in [3.8, 4) is 0 Å². The first-order valence-corrected chi connectivity index (χ1v) is 13.2. The number of hydrogen-bond acceptors (Lipinski definition) is 7. The van der Waals surface area contributed by atoms with Gasteiger partial charge >= 0.3 is 22.3 Å². The first-order chi connectivity index (χ1) is 16.3. The number of hydrogen-bond donors (Lipinski definition) is 1. The van der Waals surface area contributed by atoms with Crippen LogP contribution >= 0.6 is 11.6 Å². The third-order valence-corrected chi connectivity index (χ3v) is 7.74. The van der Waals surface area contributed by atoms with Crippen LogP contribution in [0.15, 0.2) is 16.7 Å². The molecular formula is C23H29ClN4O6S. The summed E-state index contributed by atoms with van der Waals surface area (Å²) in [4.78, 5) is 31.5. The maximum atomic E-state index is 13.5. The number of aromatic nitrogens is 1. The van der Waals surface area contributed by atoms with Crippen LogP contribution in [0, 0.1) is 0 Å². The lowest BCUT2D eigenvalue weighted by Crippen LogP contribution is -2.39. The Labute approximate surface area is 209 Å². The summed E-state index contributed by atoms with van der Waals surface area (Å²) < 4.78 is 38.2. The fourth-order valence-electron chi connectivity index (χ4n) is 4.34. The Morgan fingerprint density at radius 1 is 1.20 bits per heavy atom. The number of benzene rings is 1. The van der Waals surface area contributed by atoms with Gasteiger partial charge in [0.25, 0.3) is 5.91 Å². The Hall–Kier alpha value is -2.63. The highest BCUT2D eigenvalue weighted by molar-refractivity contribution is 7.87. The van der Waals surface area contributed by atoms with E-state index in [-0.39, 0.29) is 17.1 Å². The predicted octanol–water partition coefficient (Wildman–Crippen LogP) is 4.00.